The molecule has 1 aromatic carbocycles. The summed E-state index contributed by atoms with van der Waals surface area (Å²) in [5.74, 6) is 0.602. The molecule has 7 heteroatoms. The lowest BCUT2D eigenvalue weighted by molar-refractivity contribution is -0.123. The zero-order valence-electron chi connectivity index (χ0n) is 13.1. The van der Waals surface area contributed by atoms with E-state index in [-0.39, 0.29) is 17.9 Å². The third-order valence-corrected chi connectivity index (χ3v) is 3.26. The van der Waals surface area contributed by atoms with Gasteiger partial charge in [-0.2, -0.15) is 0 Å². The van der Waals surface area contributed by atoms with Crippen molar-refractivity contribution in [3.05, 3.63) is 29.8 Å². The van der Waals surface area contributed by atoms with Crippen LogP contribution in [0.2, 0.25) is 0 Å². The van der Waals surface area contributed by atoms with Crippen molar-refractivity contribution in [3.8, 4) is 5.75 Å². The van der Waals surface area contributed by atoms with Crippen LogP contribution in [0.5, 0.6) is 5.75 Å². The molecule has 7 nitrogen and oxygen atoms in total. The zero-order valence-corrected chi connectivity index (χ0v) is 13.1. The monoisotopic (exact) mass is 307 g/mol. The molecule has 1 amide bonds. The van der Waals surface area contributed by atoms with Crippen LogP contribution in [0.1, 0.15) is 31.4 Å². The maximum Gasteiger partial charge on any atom is 0.237 e. The van der Waals surface area contributed by atoms with E-state index in [1.165, 1.54) is 0 Å². The second-order valence-electron chi connectivity index (χ2n) is 5.06. The van der Waals surface area contributed by atoms with Crippen LogP contribution < -0.4 is 27.3 Å². The van der Waals surface area contributed by atoms with E-state index in [1.54, 1.807) is 7.11 Å². The first-order valence-corrected chi connectivity index (χ1v) is 7.19. The fraction of sp³-hybridized carbons (Fsp3) is 0.467. The summed E-state index contributed by atoms with van der Waals surface area (Å²) < 4.78 is 5.17. The van der Waals surface area contributed by atoms with Crippen molar-refractivity contribution in [2.45, 2.75) is 31.8 Å². The minimum atomic E-state index is -0.581. The maximum atomic E-state index is 12.1. The summed E-state index contributed by atoms with van der Waals surface area (Å²) in [6.07, 6.45) is 1.17. The van der Waals surface area contributed by atoms with Crippen LogP contribution >= 0.6 is 0 Å². The highest BCUT2D eigenvalue weighted by molar-refractivity contribution is 5.81. The van der Waals surface area contributed by atoms with Crippen molar-refractivity contribution in [1.82, 2.24) is 5.32 Å². The van der Waals surface area contributed by atoms with Crippen molar-refractivity contribution in [1.29, 1.82) is 0 Å². The smallest absolute Gasteiger partial charge is 0.237 e. The number of nitrogens with one attached hydrogen (secondary N) is 1. The molecule has 0 aliphatic rings. The molecule has 0 aliphatic heterocycles. The van der Waals surface area contributed by atoms with E-state index in [2.05, 4.69) is 10.3 Å². The molecule has 0 heterocycles. The number of benzene rings is 1. The molecule has 2 atom stereocenters. The topological polar surface area (TPSA) is 129 Å². The average Bonchev–Trinajstić information content (AvgIpc) is 2.51. The summed E-state index contributed by atoms with van der Waals surface area (Å²) in [6.45, 7) is 2.37. The SMILES string of the molecule is COc1cccc([C@H](C)NC(=O)[C@H](N)CCCN=C(N)N)c1. The molecular weight excluding hydrogens is 282 g/mol. The lowest BCUT2D eigenvalue weighted by Crippen LogP contribution is -2.41. The first kappa shape index (κ1) is 17.8. The predicted molar refractivity (Wildman–Crippen MR) is 87.4 cm³/mol. The molecule has 7 N–H and O–H groups in total. The molecule has 0 saturated carbocycles. The lowest BCUT2D eigenvalue weighted by Gasteiger charge is -2.18. The molecule has 22 heavy (non-hydrogen) atoms. The first-order chi connectivity index (χ1) is 10.4. The molecule has 0 aromatic heterocycles. The number of hydrogen-bond donors (Lipinski definition) is 4. The number of aliphatic imine (C=N–C) groups is 1. The van der Waals surface area contributed by atoms with Gasteiger partial charge in [-0.1, -0.05) is 12.1 Å². The highest BCUT2D eigenvalue weighted by Gasteiger charge is 2.16. The average molecular weight is 307 g/mol. The number of hydrogen-bond acceptors (Lipinski definition) is 4. The van der Waals surface area contributed by atoms with Crippen LogP contribution in [0, 0.1) is 0 Å². The number of guanidine groups is 1. The second kappa shape index (κ2) is 8.89. The normalized spacial score (nSPS) is 13.0. The fourth-order valence-electron chi connectivity index (χ4n) is 1.97. The maximum absolute atomic E-state index is 12.1. The Hall–Kier alpha value is -2.28. The Bertz CT molecular complexity index is 514. The van der Waals surface area contributed by atoms with Crippen LogP contribution in [0.3, 0.4) is 0 Å². The third kappa shape index (κ3) is 6.01. The molecule has 1 rings (SSSR count). The largest absolute Gasteiger partial charge is 0.497 e. The van der Waals surface area contributed by atoms with E-state index < -0.39 is 6.04 Å². The van der Waals surface area contributed by atoms with Gasteiger partial charge in [-0.25, -0.2) is 0 Å². The Balaban J connectivity index is 2.47. The second-order valence-corrected chi connectivity index (χ2v) is 5.06. The van der Waals surface area contributed by atoms with E-state index in [0.717, 1.165) is 11.3 Å². The van der Waals surface area contributed by atoms with Crippen LogP contribution in [-0.2, 0) is 4.79 Å². The third-order valence-electron chi connectivity index (χ3n) is 3.26. The zero-order chi connectivity index (χ0) is 16.5. The molecule has 0 aliphatic carbocycles. The molecule has 0 unspecified atom stereocenters. The molecule has 1 aromatic rings. The molecule has 122 valence electrons. The van der Waals surface area contributed by atoms with Crippen LogP contribution in [-0.4, -0.2) is 31.6 Å². The van der Waals surface area contributed by atoms with E-state index in [0.29, 0.717) is 19.4 Å². The van der Waals surface area contributed by atoms with Gasteiger partial charge in [-0.3, -0.25) is 9.79 Å². The minimum Gasteiger partial charge on any atom is -0.497 e. The van der Waals surface area contributed by atoms with Gasteiger partial charge in [0.25, 0.3) is 0 Å². The van der Waals surface area contributed by atoms with Gasteiger partial charge in [0.1, 0.15) is 5.75 Å². The van der Waals surface area contributed by atoms with Gasteiger partial charge in [-0.15, -0.1) is 0 Å². The summed E-state index contributed by atoms with van der Waals surface area (Å²) >= 11 is 0. The van der Waals surface area contributed by atoms with Crippen molar-refractivity contribution in [2.24, 2.45) is 22.2 Å². The summed E-state index contributed by atoms with van der Waals surface area (Å²) in [5.41, 5.74) is 17.3. The van der Waals surface area contributed by atoms with Crippen LogP contribution in [0.4, 0.5) is 0 Å². The molecule has 0 fully saturated rings. The van der Waals surface area contributed by atoms with Gasteiger partial charge in [0.05, 0.1) is 19.2 Å². The number of nitrogens with zero attached hydrogens (tertiary/aromatic N) is 1. The Kier molecular flexibility index (Phi) is 7.18. The molecular formula is C15H25N5O2. The van der Waals surface area contributed by atoms with Gasteiger partial charge in [0.15, 0.2) is 5.96 Å². The van der Waals surface area contributed by atoms with Gasteiger partial charge in [0, 0.05) is 6.54 Å². The Morgan fingerprint density at radius 3 is 2.77 bits per heavy atom. The Labute approximate surface area is 130 Å². The summed E-state index contributed by atoms with van der Waals surface area (Å²) in [6, 6.07) is 6.82. The Morgan fingerprint density at radius 1 is 1.41 bits per heavy atom. The van der Waals surface area contributed by atoms with Crippen molar-refractivity contribution in [2.75, 3.05) is 13.7 Å². The minimum absolute atomic E-state index is 0.0460. The standard InChI is InChI=1S/C15H25N5O2/c1-10(11-5-3-6-12(9-11)22-2)20-14(21)13(16)7-4-8-19-15(17)18/h3,5-6,9-10,13H,4,7-8,16H2,1-2H3,(H,20,21)(H4,17,18,19)/t10-,13+/m0/s1. The van der Waals surface area contributed by atoms with Crippen molar-refractivity contribution < 1.29 is 9.53 Å². The number of nitrogens with two attached hydrogens (primary N) is 3. The van der Waals surface area contributed by atoms with Gasteiger partial charge in [0.2, 0.25) is 5.91 Å². The van der Waals surface area contributed by atoms with E-state index in [9.17, 15) is 4.79 Å². The fourth-order valence-corrected chi connectivity index (χ4v) is 1.97. The van der Waals surface area contributed by atoms with Gasteiger partial charge < -0.3 is 27.3 Å². The highest BCUT2D eigenvalue weighted by atomic mass is 16.5. The van der Waals surface area contributed by atoms with Crippen LogP contribution in [0.15, 0.2) is 29.3 Å². The first-order valence-electron chi connectivity index (χ1n) is 7.19. The highest BCUT2D eigenvalue weighted by Crippen LogP contribution is 2.18. The summed E-state index contributed by atoms with van der Waals surface area (Å²) in [4.78, 5) is 15.9. The number of amides is 1. The van der Waals surface area contributed by atoms with E-state index in [4.69, 9.17) is 21.9 Å². The Morgan fingerprint density at radius 2 is 2.14 bits per heavy atom. The molecule has 0 spiro atoms. The predicted octanol–water partition coefficient (Wildman–Crippen LogP) is 0.253. The number of rotatable bonds is 8. The summed E-state index contributed by atoms with van der Waals surface area (Å²) in [7, 11) is 1.61. The number of carbonyl (C=O) groups is 1. The van der Waals surface area contributed by atoms with E-state index in [1.807, 2.05) is 31.2 Å². The van der Waals surface area contributed by atoms with Crippen molar-refractivity contribution in [3.63, 3.8) is 0 Å². The van der Waals surface area contributed by atoms with Crippen molar-refractivity contribution >= 4 is 11.9 Å². The number of carbonyl (C=O) groups excluding carboxylic acids is 1. The number of ether oxygens (including phenoxy) is 1. The van der Waals surface area contributed by atoms with Gasteiger partial charge in [-0.05, 0) is 37.5 Å². The molecule has 0 bridgehead atoms. The molecule has 0 radical (unpaired) electrons. The summed E-state index contributed by atoms with van der Waals surface area (Å²) in [5, 5.41) is 2.89. The number of methoxy groups -OCH3 is 1. The quantitative estimate of drug-likeness (QED) is 0.311. The lowest BCUT2D eigenvalue weighted by atomic mass is 10.1. The molecule has 0 saturated heterocycles. The van der Waals surface area contributed by atoms with E-state index >= 15 is 0 Å². The van der Waals surface area contributed by atoms with Gasteiger partial charge >= 0.3 is 0 Å². The van der Waals surface area contributed by atoms with Crippen LogP contribution in [0.25, 0.3) is 0 Å².